The van der Waals surface area contributed by atoms with E-state index in [2.05, 4.69) is 55.1 Å². The molecule has 4 heterocycles. The van der Waals surface area contributed by atoms with Crippen molar-refractivity contribution < 1.29 is 9.13 Å². The van der Waals surface area contributed by atoms with E-state index in [1.54, 1.807) is 6.20 Å². The number of aromatic nitrogens is 5. The second kappa shape index (κ2) is 17.1. The number of imidazole rings is 1. The zero-order valence-corrected chi connectivity index (χ0v) is 28.2. The Kier molecular flexibility index (Phi) is 13.5. The van der Waals surface area contributed by atoms with E-state index in [1.165, 1.54) is 18.2 Å². The van der Waals surface area contributed by atoms with Crippen LogP contribution in [0.5, 0.6) is 5.75 Å². The SMILES string of the molecule is C/C=C\C.CCC.CNCc1cnc2ccc(-c3cncc(F)c3OC(Cc3c(CCN(C)C)nn(C)c3C)C3CC3)cn12. The summed E-state index contributed by atoms with van der Waals surface area (Å²) in [4.78, 5) is 10.8. The van der Waals surface area contributed by atoms with Crippen LogP contribution in [0.15, 0.2) is 49.1 Å². The van der Waals surface area contributed by atoms with Crippen LogP contribution in [-0.4, -0.2) is 62.8 Å². The van der Waals surface area contributed by atoms with Crippen molar-refractivity contribution >= 4 is 5.65 Å². The maximum Gasteiger partial charge on any atom is 0.183 e. The molecule has 1 saturated carbocycles. The van der Waals surface area contributed by atoms with Crippen LogP contribution in [0.2, 0.25) is 0 Å². The lowest BCUT2D eigenvalue weighted by Gasteiger charge is -2.22. The molecule has 1 N–H and O–H groups in total. The molecule has 0 saturated heterocycles. The molecule has 0 aromatic carbocycles. The Bertz CT molecular complexity index is 1480. The zero-order valence-electron chi connectivity index (χ0n) is 28.2. The summed E-state index contributed by atoms with van der Waals surface area (Å²) in [7, 11) is 8.03. The fraction of sp³-hybridized carbons (Fsp3) is 0.514. The minimum Gasteiger partial charge on any atom is -0.486 e. The van der Waals surface area contributed by atoms with Gasteiger partial charge < -0.3 is 19.4 Å². The Hall–Kier alpha value is -3.56. The summed E-state index contributed by atoms with van der Waals surface area (Å²) in [6.45, 7) is 12.0. The van der Waals surface area contributed by atoms with Gasteiger partial charge in [-0.15, -0.1) is 0 Å². The fourth-order valence-corrected chi connectivity index (χ4v) is 4.89. The average Bonchev–Trinajstić information content (AvgIpc) is 3.73. The molecule has 4 aromatic heterocycles. The molecule has 240 valence electrons. The zero-order chi connectivity index (χ0) is 32.2. The van der Waals surface area contributed by atoms with Gasteiger partial charge in [0.25, 0.3) is 0 Å². The van der Waals surface area contributed by atoms with E-state index in [0.29, 0.717) is 24.4 Å². The van der Waals surface area contributed by atoms with E-state index in [1.807, 2.05) is 73.7 Å². The smallest absolute Gasteiger partial charge is 0.183 e. The van der Waals surface area contributed by atoms with Crippen molar-refractivity contribution in [3.05, 3.63) is 77.5 Å². The normalized spacial score (nSPS) is 13.5. The van der Waals surface area contributed by atoms with Crippen molar-refractivity contribution in [3.63, 3.8) is 0 Å². The molecule has 1 aliphatic carbocycles. The quantitative estimate of drug-likeness (QED) is 0.190. The van der Waals surface area contributed by atoms with Gasteiger partial charge in [0, 0.05) is 62.2 Å². The van der Waals surface area contributed by atoms with Crippen LogP contribution < -0.4 is 10.1 Å². The van der Waals surface area contributed by atoms with Gasteiger partial charge in [0.1, 0.15) is 11.8 Å². The highest BCUT2D eigenvalue weighted by molar-refractivity contribution is 5.70. The molecule has 1 fully saturated rings. The molecule has 44 heavy (non-hydrogen) atoms. The summed E-state index contributed by atoms with van der Waals surface area (Å²) in [6.07, 6.45) is 15.6. The number of fused-ring (bicyclic) bond motifs is 1. The van der Waals surface area contributed by atoms with Crippen molar-refractivity contribution in [2.75, 3.05) is 27.7 Å². The monoisotopic (exact) mass is 605 g/mol. The topological polar surface area (TPSA) is 72.5 Å². The van der Waals surface area contributed by atoms with Gasteiger partial charge in [0.15, 0.2) is 11.6 Å². The average molecular weight is 606 g/mol. The Balaban J connectivity index is 0.000000688. The van der Waals surface area contributed by atoms with Crippen LogP contribution in [0.25, 0.3) is 16.8 Å². The van der Waals surface area contributed by atoms with Gasteiger partial charge in [0.2, 0.25) is 0 Å². The minimum absolute atomic E-state index is 0.131. The molecule has 0 radical (unpaired) electrons. The lowest BCUT2D eigenvalue weighted by Crippen LogP contribution is -2.24. The number of hydrogen-bond donors (Lipinski definition) is 1. The van der Waals surface area contributed by atoms with Crippen molar-refractivity contribution in [3.8, 4) is 16.9 Å². The van der Waals surface area contributed by atoms with Crippen molar-refractivity contribution in [1.82, 2.24) is 34.4 Å². The molecule has 1 unspecified atom stereocenters. The van der Waals surface area contributed by atoms with Gasteiger partial charge in [-0.05, 0) is 78.4 Å². The van der Waals surface area contributed by atoms with Crippen molar-refractivity contribution in [2.24, 2.45) is 13.0 Å². The second-order valence-electron chi connectivity index (χ2n) is 11.7. The van der Waals surface area contributed by atoms with Gasteiger partial charge in [-0.2, -0.15) is 5.10 Å². The van der Waals surface area contributed by atoms with Crippen LogP contribution >= 0.6 is 0 Å². The Labute approximate surface area is 263 Å². The first-order valence-corrected chi connectivity index (χ1v) is 15.8. The highest BCUT2D eigenvalue weighted by Gasteiger charge is 2.35. The Morgan fingerprint density at radius 3 is 2.45 bits per heavy atom. The van der Waals surface area contributed by atoms with Crippen molar-refractivity contribution in [1.29, 1.82) is 0 Å². The number of rotatable bonds is 11. The standard InChI is InChI=1S/C28H36FN7O.C4H8.C3H8/c1-18-22(25(33-35(18)5)10-11-34(3)4)12-26(19-6-7-19)37-28-23(15-31-16-24(28)29)20-8-9-27-32-14-21(13-30-2)36(27)17-20;1-3-4-2;1-3-2/h8-9,14-17,19,26,30H,6-7,10-13H2,1-5H3;3-4H,1-2H3;3H2,1-2H3/b;4-3-;. The first-order valence-electron chi connectivity index (χ1n) is 15.8. The van der Waals surface area contributed by atoms with Gasteiger partial charge in [-0.3, -0.25) is 9.67 Å². The molecule has 9 heteroatoms. The summed E-state index contributed by atoms with van der Waals surface area (Å²) >= 11 is 0. The summed E-state index contributed by atoms with van der Waals surface area (Å²) < 4.78 is 25.9. The number of pyridine rings is 2. The van der Waals surface area contributed by atoms with Crippen LogP contribution in [0.3, 0.4) is 0 Å². The molecule has 1 atom stereocenters. The predicted octanol–water partition coefficient (Wildman–Crippen LogP) is 6.80. The highest BCUT2D eigenvalue weighted by atomic mass is 19.1. The molecular weight excluding hydrogens is 553 g/mol. The number of likely N-dealkylation sites (N-methyl/N-ethyl adjacent to an activating group) is 1. The number of halogens is 1. The van der Waals surface area contributed by atoms with E-state index in [-0.39, 0.29) is 11.9 Å². The third-order valence-electron chi connectivity index (χ3n) is 7.60. The lowest BCUT2D eigenvalue weighted by atomic mass is 10.0. The number of nitrogens with zero attached hydrogens (tertiary/aromatic N) is 6. The summed E-state index contributed by atoms with van der Waals surface area (Å²) in [6, 6.07) is 3.89. The lowest BCUT2D eigenvalue weighted by molar-refractivity contribution is 0.171. The van der Waals surface area contributed by atoms with E-state index in [0.717, 1.165) is 54.1 Å². The molecule has 1 aliphatic rings. The van der Waals surface area contributed by atoms with Gasteiger partial charge in [-0.25, -0.2) is 9.37 Å². The van der Waals surface area contributed by atoms with E-state index in [4.69, 9.17) is 9.84 Å². The summed E-state index contributed by atoms with van der Waals surface area (Å²) in [5.41, 5.74) is 6.81. The molecule has 4 aromatic rings. The van der Waals surface area contributed by atoms with Crippen LogP contribution in [0.4, 0.5) is 4.39 Å². The largest absolute Gasteiger partial charge is 0.486 e. The second-order valence-corrected chi connectivity index (χ2v) is 11.7. The molecule has 8 nitrogen and oxygen atoms in total. The highest BCUT2D eigenvalue weighted by Crippen LogP contribution is 2.40. The first-order chi connectivity index (χ1) is 21.2. The summed E-state index contributed by atoms with van der Waals surface area (Å²) in [5, 5.41) is 7.96. The van der Waals surface area contributed by atoms with E-state index >= 15 is 4.39 Å². The van der Waals surface area contributed by atoms with E-state index in [9.17, 15) is 0 Å². The van der Waals surface area contributed by atoms with Crippen LogP contribution in [-0.2, 0) is 26.4 Å². The molecule has 0 amide bonds. The van der Waals surface area contributed by atoms with E-state index < -0.39 is 5.82 Å². The number of aryl methyl sites for hydroxylation is 1. The predicted molar refractivity (Wildman–Crippen MR) is 179 cm³/mol. The van der Waals surface area contributed by atoms with Gasteiger partial charge >= 0.3 is 0 Å². The third kappa shape index (κ3) is 9.22. The molecule has 0 aliphatic heterocycles. The maximum absolute atomic E-state index is 15.3. The maximum atomic E-state index is 15.3. The Morgan fingerprint density at radius 1 is 1.14 bits per heavy atom. The number of ether oxygens (including phenoxy) is 1. The Morgan fingerprint density at radius 2 is 1.84 bits per heavy atom. The van der Waals surface area contributed by atoms with Gasteiger partial charge in [-0.1, -0.05) is 32.4 Å². The molecular formula is C35H52FN7O. The number of allylic oxidation sites excluding steroid dienone is 2. The van der Waals surface area contributed by atoms with Crippen LogP contribution in [0, 0.1) is 18.7 Å². The number of nitrogens with one attached hydrogen (secondary N) is 1. The third-order valence-corrected chi connectivity index (χ3v) is 7.60. The molecule has 0 spiro atoms. The first kappa shape index (κ1) is 34.9. The minimum atomic E-state index is -0.444. The van der Waals surface area contributed by atoms with Gasteiger partial charge in [0.05, 0.1) is 23.8 Å². The molecule has 5 rings (SSSR count). The summed E-state index contributed by atoms with van der Waals surface area (Å²) in [5.74, 6) is 0.220. The van der Waals surface area contributed by atoms with Crippen LogP contribution in [0.1, 0.15) is 69.6 Å². The molecule has 0 bridgehead atoms. The van der Waals surface area contributed by atoms with Crippen molar-refractivity contribution in [2.45, 2.75) is 79.4 Å². The fourth-order valence-electron chi connectivity index (χ4n) is 4.89. The number of hydrogen-bond acceptors (Lipinski definition) is 6.